The van der Waals surface area contributed by atoms with Gasteiger partial charge in [-0.3, -0.25) is 9.79 Å². The molecule has 0 aromatic heterocycles. The molecule has 1 saturated heterocycles. The Morgan fingerprint density at radius 3 is 2.50 bits per heavy atom. The van der Waals surface area contributed by atoms with Crippen molar-refractivity contribution in [3.05, 3.63) is 0 Å². The number of thioether (sulfide) groups is 1. The number of carbonyl (C=O) groups excluding carboxylic acids is 1. The third-order valence-electron chi connectivity index (χ3n) is 4.97. The van der Waals surface area contributed by atoms with Crippen molar-refractivity contribution in [3.8, 4) is 0 Å². The molecule has 1 saturated carbocycles. The van der Waals surface area contributed by atoms with Gasteiger partial charge in [0.1, 0.15) is 0 Å². The molecule has 2 aliphatic rings. The highest BCUT2D eigenvalue weighted by Crippen LogP contribution is 2.38. The summed E-state index contributed by atoms with van der Waals surface area (Å²) >= 11 is 1.78. The molecule has 1 atom stereocenters. The minimum absolute atomic E-state index is 0.203. The van der Waals surface area contributed by atoms with Gasteiger partial charge in [0.05, 0.1) is 17.6 Å². The van der Waals surface area contributed by atoms with E-state index in [1.807, 2.05) is 21.0 Å². The van der Waals surface area contributed by atoms with Crippen molar-refractivity contribution >= 4 is 23.6 Å². The van der Waals surface area contributed by atoms with E-state index in [0.717, 1.165) is 50.2 Å². The summed E-state index contributed by atoms with van der Waals surface area (Å²) in [6.45, 7) is 3.79. The monoisotopic (exact) mass is 356 g/mol. The molecular formula is C17H32N4O2S. The molecule has 2 rings (SSSR count). The van der Waals surface area contributed by atoms with E-state index in [1.54, 1.807) is 16.7 Å². The Labute approximate surface area is 149 Å². The topological polar surface area (TPSA) is 77.0 Å². The molecule has 0 spiro atoms. The number of aliphatic hydroxyl groups is 1. The summed E-state index contributed by atoms with van der Waals surface area (Å²) in [6, 6.07) is 0. The molecule has 1 unspecified atom stereocenters. The van der Waals surface area contributed by atoms with Crippen LogP contribution in [0.2, 0.25) is 0 Å². The molecule has 2 fully saturated rings. The van der Waals surface area contributed by atoms with Crippen molar-refractivity contribution < 1.29 is 9.90 Å². The van der Waals surface area contributed by atoms with E-state index in [1.165, 1.54) is 0 Å². The Morgan fingerprint density at radius 2 is 1.96 bits per heavy atom. The minimum Gasteiger partial charge on any atom is -0.387 e. The fourth-order valence-electron chi connectivity index (χ4n) is 3.53. The summed E-state index contributed by atoms with van der Waals surface area (Å²) in [5, 5.41) is 17.0. The fraction of sp³-hybridized carbons (Fsp3) is 0.882. The van der Waals surface area contributed by atoms with Crippen molar-refractivity contribution in [1.29, 1.82) is 0 Å². The molecule has 0 radical (unpaired) electrons. The van der Waals surface area contributed by atoms with Gasteiger partial charge in [0.2, 0.25) is 5.91 Å². The quantitative estimate of drug-likeness (QED) is 0.490. The van der Waals surface area contributed by atoms with Crippen LogP contribution in [0.4, 0.5) is 0 Å². The summed E-state index contributed by atoms with van der Waals surface area (Å²) in [7, 11) is 3.66. The second-order valence-corrected chi connectivity index (χ2v) is 8.37. The summed E-state index contributed by atoms with van der Waals surface area (Å²) < 4.78 is 0. The second-order valence-electron chi connectivity index (χ2n) is 7.26. The summed E-state index contributed by atoms with van der Waals surface area (Å²) in [5.74, 6) is 2.64. The van der Waals surface area contributed by atoms with Crippen LogP contribution in [0.3, 0.4) is 0 Å². The van der Waals surface area contributed by atoms with Crippen molar-refractivity contribution in [2.45, 2.75) is 44.6 Å². The molecule has 7 heteroatoms. The normalized spacial score (nSPS) is 26.4. The number of aliphatic imine (C=N–C) groups is 1. The van der Waals surface area contributed by atoms with Gasteiger partial charge in [-0.05, 0) is 31.9 Å². The molecule has 0 aromatic carbocycles. The lowest BCUT2D eigenvalue weighted by atomic mass is 9.84. The molecule has 1 amide bonds. The van der Waals surface area contributed by atoms with Gasteiger partial charge < -0.3 is 20.6 Å². The van der Waals surface area contributed by atoms with Crippen LogP contribution in [0, 0.1) is 5.41 Å². The van der Waals surface area contributed by atoms with E-state index in [0.29, 0.717) is 19.0 Å². The number of rotatable bonds is 6. The lowest BCUT2D eigenvalue weighted by Gasteiger charge is -2.31. The van der Waals surface area contributed by atoms with Gasteiger partial charge in [-0.25, -0.2) is 0 Å². The molecule has 0 aromatic rings. The van der Waals surface area contributed by atoms with E-state index in [-0.39, 0.29) is 11.3 Å². The highest BCUT2D eigenvalue weighted by Gasteiger charge is 2.42. The van der Waals surface area contributed by atoms with Gasteiger partial charge in [0.15, 0.2) is 5.96 Å². The maximum absolute atomic E-state index is 12.6. The van der Waals surface area contributed by atoms with Crippen molar-refractivity contribution in [2.24, 2.45) is 10.4 Å². The van der Waals surface area contributed by atoms with Gasteiger partial charge >= 0.3 is 0 Å². The summed E-state index contributed by atoms with van der Waals surface area (Å²) in [4.78, 5) is 18.9. The van der Waals surface area contributed by atoms with Crippen LogP contribution in [0.1, 0.15) is 39.0 Å². The SMILES string of the molecule is CCNC(=NCC1(O)CCSC1)NCC1(C(=O)N(C)C)CCCC1. The number of hydrogen-bond acceptors (Lipinski definition) is 4. The highest BCUT2D eigenvalue weighted by atomic mass is 32.2. The Balaban J connectivity index is 1.99. The van der Waals surface area contributed by atoms with Crippen LogP contribution >= 0.6 is 11.8 Å². The first kappa shape index (κ1) is 19.4. The Kier molecular flexibility index (Phi) is 6.80. The Morgan fingerprint density at radius 1 is 1.25 bits per heavy atom. The second kappa shape index (κ2) is 8.43. The summed E-state index contributed by atoms with van der Waals surface area (Å²) in [6.07, 6.45) is 4.86. The van der Waals surface area contributed by atoms with Gasteiger partial charge in [-0.15, -0.1) is 0 Å². The van der Waals surface area contributed by atoms with Gasteiger partial charge in [0, 0.05) is 32.9 Å². The summed E-state index contributed by atoms with van der Waals surface area (Å²) in [5.41, 5.74) is -1.00. The number of nitrogens with zero attached hydrogens (tertiary/aromatic N) is 2. The van der Waals surface area contributed by atoms with Crippen LogP contribution < -0.4 is 10.6 Å². The number of nitrogens with one attached hydrogen (secondary N) is 2. The van der Waals surface area contributed by atoms with E-state index in [9.17, 15) is 9.90 Å². The number of guanidine groups is 1. The van der Waals surface area contributed by atoms with E-state index < -0.39 is 5.60 Å². The van der Waals surface area contributed by atoms with Crippen molar-refractivity contribution in [1.82, 2.24) is 15.5 Å². The van der Waals surface area contributed by atoms with E-state index in [2.05, 4.69) is 15.6 Å². The smallest absolute Gasteiger partial charge is 0.230 e. The van der Waals surface area contributed by atoms with Crippen LogP contribution in [0.5, 0.6) is 0 Å². The zero-order valence-corrected chi connectivity index (χ0v) is 16.0. The number of carbonyl (C=O) groups is 1. The van der Waals surface area contributed by atoms with Gasteiger partial charge in [-0.2, -0.15) is 11.8 Å². The molecule has 1 heterocycles. The third-order valence-corrected chi connectivity index (χ3v) is 6.21. The Hall–Kier alpha value is -0.950. The molecule has 1 aliphatic heterocycles. The zero-order valence-electron chi connectivity index (χ0n) is 15.2. The van der Waals surface area contributed by atoms with Crippen LogP contribution in [0.25, 0.3) is 0 Å². The molecular weight excluding hydrogens is 324 g/mol. The molecule has 24 heavy (non-hydrogen) atoms. The average molecular weight is 357 g/mol. The van der Waals surface area contributed by atoms with Crippen molar-refractivity contribution in [2.75, 3.05) is 45.2 Å². The lowest BCUT2D eigenvalue weighted by molar-refractivity contribution is -0.138. The first-order valence-electron chi connectivity index (χ1n) is 8.95. The van der Waals surface area contributed by atoms with Gasteiger partial charge in [-0.1, -0.05) is 12.8 Å². The average Bonchev–Trinajstić information content (AvgIpc) is 3.20. The molecule has 0 bridgehead atoms. The van der Waals surface area contributed by atoms with E-state index >= 15 is 0 Å². The van der Waals surface area contributed by atoms with Crippen LogP contribution in [0.15, 0.2) is 4.99 Å². The molecule has 1 aliphatic carbocycles. The molecule has 138 valence electrons. The highest BCUT2D eigenvalue weighted by molar-refractivity contribution is 7.99. The van der Waals surface area contributed by atoms with Crippen molar-refractivity contribution in [3.63, 3.8) is 0 Å². The first-order chi connectivity index (χ1) is 11.4. The lowest BCUT2D eigenvalue weighted by Crippen LogP contribution is -2.49. The van der Waals surface area contributed by atoms with Crippen LogP contribution in [-0.4, -0.2) is 72.7 Å². The predicted molar refractivity (Wildman–Crippen MR) is 100 cm³/mol. The minimum atomic E-state index is -0.683. The molecule has 3 N–H and O–H groups in total. The van der Waals surface area contributed by atoms with E-state index in [4.69, 9.17) is 0 Å². The third kappa shape index (κ3) is 4.79. The standard InChI is InChI=1S/C17H32N4O2S/c1-4-18-15(20-12-17(23)9-10-24-13-17)19-11-16(7-5-6-8-16)14(22)21(2)3/h23H,4-13H2,1-3H3,(H2,18,19,20). The van der Waals surface area contributed by atoms with Gasteiger partial charge in [0.25, 0.3) is 0 Å². The first-order valence-corrected chi connectivity index (χ1v) is 10.1. The number of hydrogen-bond donors (Lipinski definition) is 3. The number of amides is 1. The largest absolute Gasteiger partial charge is 0.387 e. The maximum Gasteiger partial charge on any atom is 0.230 e. The maximum atomic E-state index is 12.6. The van der Waals surface area contributed by atoms with Crippen LogP contribution in [-0.2, 0) is 4.79 Å². The predicted octanol–water partition coefficient (Wildman–Crippen LogP) is 1.06. The molecule has 6 nitrogen and oxygen atoms in total. The fourth-order valence-corrected chi connectivity index (χ4v) is 4.82. The zero-order chi connectivity index (χ0) is 17.6. The Bertz CT molecular complexity index is 456.